The monoisotopic (exact) mass is 347 g/mol. The quantitative estimate of drug-likeness (QED) is 0.664. The molecule has 2 amide bonds. The largest absolute Gasteiger partial charge is 0.351 e. The highest BCUT2D eigenvalue weighted by atomic mass is 35.5. The summed E-state index contributed by atoms with van der Waals surface area (Å²) in [6.45, 7) is 7.68. The third-order valence-electron chi connectivity index (χ3n) is 2.84. The number of rotatable bonds is 7. The Labute approximate surface area is 142 Å². The van der Waals surface area contributed by atoms with E-state index in [1.165, 1.54) is 0 Å². The predicted molar refractivity (Wildman–Crippen MR) is 93.0 cm³/mol. The zero-order chi connectivity index (χ0) is 15.8. The Morgan fingerprint density at radius 2 is 1.91 bits per heavy atom. The fraction of sp³-hybridized carbons (Fsp3) is 0.467. The van der Waals surface area contributed by atoms with Crippen molar-refractivity contribution in [2.24, 2.45) is 5.92 Å². The highest BCUT2D eigenvalue weighted by Gasteiger charge is 2.13. The minimum Gasteiger partial charge on any atom is -0.351 e. The molecule has 0 aliphatic rings. The molecule has 22 heavy (non-hydrogen) atoms. The summed E-state index contributed by atoms with van der Waals surface area (Å²) < 4.78 is 0. The summed E-state index contributed by atoms with van der Waals surface area (Å²) in [5, 5.41) is 9.00. The van der Waals surface area contributed by atoms with Gasteiger partial charge in [0.2, 0.25) is 5.91 Å². The summed E-state index contributed by atoms with van der Waals surface area (Å²) in [5.41, 5.74) is 0.921. The number of carbonyl (C=O) groups excluding carboxylic acids is 2. The van der Waals surface area contributed by atoms with Crippen LogP contribution in [0.4, 0.5) is 5.69 Å². The van der Waals surface area contributed by atoms with Crippen molar-refractivity contribution in [3.05, 3.63) is 28.8 Å². The summed E-state index contributed by atoms with van der Waals surface area (Å²) in [5.74, 6) is -0.479. The number of nitrogens with one attached hydrogen (secondary N) is 3. The van der Waals surface area contributed by atoms with E-state index in [-0.39, 0.29) is 30.1 Å². The predicted octanol–water partition coefficient (Wildman–Crippen LogP) is 2.70. The second kappa shape index (κ2) is 10.4. The number of benzene rings is 1. The zero-order valence-corrected chi connectivity index (χ0v) is 14.6. The van der Waals surface area contributed by atoms with Crippen molar-refractivity contribution < 1.29 is 9.59 Å². The van der Waals surface area contributed by atoms with E-state index < -0.39 is 0 Å². The second-order valence-electron chi connectivity index (χ2n) is 4.95. The van der Waals surface area contributed by atoms with Crippen LogP contribution in [0.5, 0.6) is 0 Å². The van der Waals surface area contributed by atoms with E-state index in [9.17, 15) is 9.59 Å². The second-order valence-corrected chi connectivity index (χ2v) is 5.36. The molecule has 124 valence electrons. The third kappa shape index (κ3) is 6.64. The molecular weight excluding hydrogens is 325 g/mol. The average Bonchev–Trinajstić information content (AvgIpc) is 2.45. The molecule has 0 aliphatic carbocycles. The number of halogens is 2. The Morgan fingerprint density at radius 1 is 1.23 bits per heavy atom. The highest BCUT2D eigenvalue weighted by Crippen LogP contribution is 2.21. The van der Waals surface area contributed by atoms with E-state index in [4.69, 9.17) is 11.6 Å². The number of carbonyl (C=O) groups is 2. The standard InChI is InChI=1S/C15H22ClN3O2.ClH/c1-4-17-7-8-18-15(21)12-9-11(5-6-13(12)16)19-14(20)10(2)3;/h5-6,9-10,17H,4,7-8H2,1-3H3,(H,18,21)(H,19,20);1H. The van der Waals surface area contributed by atoms with Crippen LogP contribution in [0.15, 0.2) is 18.2 Å². The first-order valence-electron chi connectivity index (χ1n) is 7.05. The molecule has 7 heteroatoms. The van der Waals surface area contributed by atoms with Gasteiger partial charge in [0.15, 0.2) is 0 Å². The number of hydrogen-bond acceptors (Lipinski definition) is 3. The zero-order valence-electron chi connectivity index (χ0n) is 13.0. The Hall–Kier alpha value is -1.30. The van der Waals surface area contributed by atoms with Crippen LogP contribution in [0.2, 0.25) is 5.02 Å². The van der Waals surface area contributed by atoms with E-state index in [1.54, 1.807) is 32.0 Å². The van der Waals surface area contributed by atoms with Crippen molar-refractivity contribution >= 4 is 41.5 Å². The summed E-state index contributed by atoms with van der Waals surface area (Å²) in [4.78, 5) is 23.7. The van der Waals surface area contributed by atoms with E-state index in [0.29, 0.717) is 29.4 Å². The van der Waals surface area contributed by atoms with E-state index in [2.05, 4.69) is 16.0 Å². The van der Waals surface area contributed by atoms with Gasteiger partial charge in [0.1, 0.15) is 0 Å². The molecule has 0 fully saturated rings. The van der Waals surface area contributed by atoms with Crippen LogP contribution in [0.3, 0.4) is 0 Å². The van der Waals surface area contributed by atoms with Crippen LogP contribution >= 0.6 is 24.0 Å². The van der Waals surface area contributed by atoms with Crippen molar-refractivity contribution in [3.63, 3.8) is 0 Å². The third-order valence-corrected chi connectivity index (χ3v) is 3.17. The first-order valence-corrected chi connectivity index (χ1v) is 7.42. The highest BCUT2D eigenvalue weighted by molar-refractivity contribution is 6.34. The molecule has 0 aromatic heterocycles. The summed E-state index contributed by atoms with van der Waals surface area (Å²) in [6.07, 6.45) is 0. The first kappa shape index (κ1) is 20.7. The fourth-order valence-electron chi connectivity index (χ4n) is 1.60. The van der Waals surface area contributed by atoms with Crippen LogP contribution in [0.1, 0.15) is 31.1 Å². The molecule has 0 saturated heterocycles. The van der Waals surface area contributed by atoms with Gasteiger partial charge in [-0.25, -0.2) is 0 Å². The molecule has 1 aromatic rings. The number of likely N-dealkylation sites (N-methyl/N-ethyl adjacent to an activating group) is 1. The molecule has 1 rings (SSSR count). The maximum Gasteiger partial charge on any atom is 0.252 e. The Balaban J connectivity index is 0.00000441. The SMILES string of the molecule is CCNCCNC(=O)c1cc(NC(=O)C(C)C)ccc1Cl.Cl. The lowest BCUT2D eigenvalue weighted by Gasteiger charge is -2.11. The Kier molecular flexibility index (Phi) is 9.81. The molecule has 0 aliphatic heterocycles. The minimum absolute atomic E-state index is 0. The molecule has 0 atom stereocenters. The average molecular weight is 348 g/mol. The van der Waals surface area contributed by atoms with E-state index >= 15 is 0 Å². The number of hydrogen-bond donors (Lipinski definition) is 3. The summed E-state index contributed by atoms with van der Waals surface area (Å²) in [7, 11) is 0. The lowest BCUT2D eigenvalue weighted by molar-refractivity contribution is -0.118. The molecule has 0 unspecified atom stereocenters. The van der Waals surface area contributed by atoms with Gasteiger partial charge in [-0.2, -0.15) is 0 Å². The van der Waals surface area contributed by atoms with Crippen molar-refractivity contribution in [1.82, 2.24) is 10.6 Å². The van der Waals surface area contributed by atoms with Gasteiger partial charge in [0.05, 0.1) is 10.6 Å². The fourth-order valence-corrected chi connectivity index (χ4v) is 1.80. The van der Waals surface area contributed by atoms with Crippen molar-refractivity contribution in [1.29, 1.82) is 0 Å². The Bertz CT molecular complexity index is 508. The normalized spacial score (nSPS) is 10.0. The van der Waals surface area contributed by atoms with Crippen LogP contribution in [-0.2, 0) is 4.79 Å². The molecule has 0 radical (unpaired) electrons. The lowest BCUT2D eigenvalue weighted by atomic mass is 10.1. The van der Waals surface area contributed by atoms with Gasteiger partial charge >= 0.3 is 0 Å². The molecule has 5 nitrogen and oxygen atoms in total. The van der Waals surface area contributed by atoms with E-state index in [0.717, 1.165) is 6.54 Å². The molecular formula is C15H23Cl2N3O2. The van der Waals surface area contributed by atoms with Gasteiger partial charge in [0, 0.05) is 24.7 Å². The molecule has 1 aromatic carbocycles. The molecule has 3 N–H and O–H groups in total. The molecule has 0 bridgehead atoms. The van der Waals surface area contributed by atoms with Gasteiger partial charge in [-0.15, -0.1) is 12.4 Å². The number of anilines is 1. The van der Waals surface area contributed by atoms with Crippen molar-refractivity contribution in [2.75, 3.05) is 25.0 Å². The summed E-state index contributed by atoms with van der Waals surface area (Å²) >= 11 is 6.04. The Morgan fingerprint density at radius 3 is 2.50 bits per heavy atom. The van der Waals surface area contributed by atoms with Crippen molar-refractivity contribution in [2.45, 2.75) is 20.8 Å². The molecule has 0 spiro atoms. The first-order chi connectivity index (χ1) is 9.95. The van der Waals surface area contributed by atoms with Crippen LogP contribution in [0, 0.1) is 5.92 Å². The molecule has 0 saturated carbocycles. The van der Waals surface area contributed by atoms with Gasteiger partial charge in [-0.05, 0) is 24.7 Å². The molecule has 0 heterocycles. The van der Waals surface area contributed by atoms with Gasteiger partial charge in [-0.1, -0.05) is 32.4 Å². The van der Waals surface area contributed by atoms with Crippen LogP contribution in [-0.4, -0.2) is 31.4 Å². The topological polar surface area (TPSA) is 70.2 Å². The smallest absolute Gasteiger partial charge is 0.252 e. The van der Waals surface area contributed by atoms with Gasteiger partial charge in [0.25, 0.3) is 5.91 Å². The van der Waals surface area contributed by atoms with Gasteiger partial charge < -0.3 is 16.0 Å². The van der Waals surface area contributed by atoms with E-state index in [1.807, 2.05) is 6.92 Å². The van der Waals surface area contributed by atoms with Crippen LogP contribution < -0.4 is 16.0 Å². The lowest BCUT2D eigenvalue weighted by Crippen LogP contribution is -2.32. The number of amides is 2. The van der Waals surface area contributed by atoms with Crippen molar-refractivity contribution in [3.8, 4) is 0 Å². The summed E-state index contributed by atoms with van der Waals surface area (Å²) in [6, 6.07) is 4.87. The maximum absolute atomic E-state index is 12.1. The maximum atomic E-state index is 12.1. The van der Waals surface area contributed by atoms with Crippen LogP contribution in [0.25, 0.3) is 0 Å². The minimum atomic E-state index is -0.251. The van der Waals surface area contributed by atoms with Gasteiger partial charge in [-0.3, -0.25) is 9.59 Å².